The molecule has 1 saturated heterocycles. The Morgan fingerprint density at radius 3 is 2.62 bits per heavy atom. The number of halogens is 2. The molecule has 0 spiro atoms. The molecule has 0 saturated carbocycles. The maximum Gasteiger partial charge on any atom is 0.253 e. The highest BCUT2D eigenvalue weighted by Gasteiger charge is 2.14. The van der Waals surface area contributed by atoms with Crippen LogP contribution in [0.1, 0.15) is 35.3 Å². The topological polar surface area (TPSA) is 54.0 Å². The molecule has 0 radical (unpaired) electrons. The van der Waals surface area contributed by atoms with Crippen molar-refractivity contribution in [1.29, 1.82) is 0 Å². The molecule has 1 aromatic heterocycles. The molecule has 1 atom stereocenters. The number of benzene rings is 1. The lowest BCUT2D eigenvalue weighted by molar-refractivity contribution is 0.0949. The molecule has 2 aromatic rings. The van der Waals surface area contributed by atoms with Gasteiger partial charge in [-0.15, -0.1) is 24.8 Å². The minimum absolute atomic E-state index is 0. The second-order valence-corrected chi connectivity index (χ2v) is 6.45. The smallest absolute Gasteiger partial charge is 0.253 e. The number of amides is 1. The average molecular weight is 396 g/mol. The summed E-state index contributed by atoms with van der Waals surface area (Å²) in [6, 6.07) is 13.8. The minimum Gasteiger partial charge on any atom is -0.352 e. The number of carbonyl (C=O) groups is 1. The van der Waals surface area contributed by atoms with Gasteiger partial charge in [0.1, 0.15) is 0 Å². The Hall–Kier alpha value is -1.62. The van der Waals surface area contributed by atoms with Crippen molar-refractivity contribution < 1.29 is 4.79 Å². The van der Waals surface area contributed by atoms with Gasteiger partial charge in [0.2, 0.25) is 0 Å². The Kier molecular flexibility index (Phi) is 9.63. The summed E-state index contributed by atoms with van der Waals surface area (Å²) in [5.74, 6) is 0.655. The van der Waals surface area contributed by atoms with Crippen LogP contribution in [0.15, 0.2) is 42.5 Å². The van der Waals surface area contributed by atoms with E-state index in [2.05, 4.69) is 15.6 Å². The summed E-state index contributed by atoms with van der Waals surface area (Å²) in [5.41, 5.74) is 3.40. The quantitative estimate of drug-likeness (QED) is 0.803. The van der Waals surface area contributed by atoms with Crippen molar-refractivity contribution in [1.82, 2.24) is 15.6 Å². The van der Waals surface area contributed by atoms with Gasteiger partial charge in [-0.2, -0.15) is 0 Å². The SMILES string of the molecule is Cc1nc(-c2ccccc2)ccc1C(=O)NCCC1CCCNC1.Cl.Cl. The molecule has 0 aliphatic carbocycles. The zero-order valence-electron chi connectivity index (χ0n) is 15.0. The zero-order chi connectivity index (χ0) is 16.8. The van der Waals surface area contributed by atoms with Crippen LogP contribution in [-0.2, 0) is 0 Å². The maximum atomic E-state index is 12.4. The summed E-state index contributed by atoms with van der Waals surface area (Å²) in [6.07, 6.45) is 3.53. The van der Waals surface area contributed by atoms with Gasteiger partial charge in [0, 0.05) is 12.1 Å². The van der Waals surface area contributed by atoms with Crippen LogP contribution in [0.4, 0.5) is 0 Å². The fourth-order valence-electron chi connectivity index (χ4n) is 3.23. The molecule has 3 rings (SSSR count). The molecule has 1 amide bonds. The number of nitrogens with zero attached hydrogens (tertiary/aromatic N) is 1. The summed E-state index contributed by atoms with van der Waals surface area (Å²) in [5, 5.41) is 6.45. The summed E-state index contributed by atoms with van der Waals surface area (Å²) in [4.78, 5) is 17.0. The predicted molar refractivity (Wildman–Crippen MR) is 111 cm³/mol. The van der Waals surface area contributed by atoms with Crippen LogP contribution in [0.25, 0.3) is 11.3 Å². The van der Waals surface area contributed by atoms with Gasteiger partial charge in [0.25, 0.3) is 5.91 Å². The van der Waals surface area contributed by atoms with Gasteiger partial charge in [-0.05, 0) is 57.3 Å². The van der Waals surface area contributed by atoms with Crippen molar-refractivity contribution in [2.75, 3.05) is 19.6 Å². The van der Waals surface area contributed by atoms with Gasteiger partial charge >= 0.3 is 0 Å². The van der Waals surface area contributed by atoms with E-state index in [4.69, 9.17) is 0 Å². The molecule has 2 heterocycles. The average Bonchev–Trinajstić information content (AvgIpc) is 2.63. The molecule has 2 N–H and O–H groups in total. The van der Waals surface area contributed by atoms with Gasteiger partial charge in [0.05, 0.1) is 17.0 Å². The van der Waals surface area contributed by atoms with Crippen molar-refractivity contribution >= 4 is 30.7 Å². The highest BCUT2D eigenvalue weighted by molar-refractivity contribution is 5.95. The van der Waals surface area contributed by atoms with Gasteiger partial charge in [0.15, 0.2) is 0 Å². The fraction of sp³-hybridized carbons (Fsp3) is 0.400. The molecule has 0 bridgehead atoms. The van der Waals surface area contributed by atoms with Crippen molar-refractivity contribution in [3.8, 4) is 11.3 Å². The van der Waals surface area contributed by atoms with Crippen LogP contribution >= 0.6 is 24.8 Å². The van der Waals surface area contributed by atoms with E-state index in [1.54, 1.807) is 0 Å². The predicted octanol–water partition coefficient (Wildman–Crippen LogP) is 4.02. The zero-order valence-corrected chi connectivity index (χ0v) is 16.7. The Labute approximate surface area is 168 Å². The molecule has 1 aliphatic rings. The van der Waals surface area contributed by atoms with Crippen LogP contribution in [-0.4, -0.2) is 30.5 Å². The first-order valence-corrected chi connectivity index (χ1v) is 8.76. The maximum absolute atomic E-state index is 12.4. The van der Waals surface area contributed by atoms with Gasteiger partial charge in [-0.3, -0.25) is 9.78 Å². The molecular formula is C20H27Cl2N3O. The number of pyridine rings is 1. The van der Waals surface area contributed by atoms with Gasteiger partial charge in [-0.25, -0.2) is 0 Å². The van der Waals surface area contributed by atoms with Crippen LogP contribution in [0.2, 0.25) is 0 Å². The molecule has 1 aromatic carbocycles. The highest BCUT2D eigenvalue weighted by Crippen LogP contribution is 2.18. The standard InChI is InChI=1S/C20H25N3O.2ClH/c1-15-18(9-10-19(23-15)17-7-3-2-4-8-17)20(24)22-13-11-16-6-5-12-21-14-16;;/h2-4,7-10,16,21H,5-6,11-14H2,1H3,(H,22,24);2*1H. The van der Waals surface area contributed by atoms with Gasteiger partial charge < -0.3 is 10.6 Å². The normalized spacial score (nSPS) is 16.1. The molecule has 26 heavy (non-hydrogen) atoms. The molecule has 6 heteroatoms. The number of hydrogen-bond acceptors (Lipinski definition) is 3. The van der Waals surface area contributed by atoms with E-state index in [9.17, 15) is 4.79 Å². The third-order valence-corrected chi connectivity index (χ3v) is 4.64. The first kappa shape index (κ1) is 22.4. The third kappa shape index (κ3) is 5.97. The number of aryl methyl sites for hydroxylation is 1. The van der Waals surface area contributed by atoms with Gasteiger partial charge in [-0.1, -0.05) is 30.3 Å². The lowest BCUT2D eigenvalue weighted by Crippen LogP contribution is -2.33. The van der Waals surface area contributed by atoms with E-state index in [1.165, 1.54) is 12.8 Å². The van der Waals surface area contributed by atoms with Crippen molar-refractivity contribution in [2.45, 2.75) is 26.2 Å². The molecule has 4 nitrogen and oxygen atoms in total. The largest absolute Gasteiger partial charge is 0.352 e. The van der Waals surface area contributed by atoms with E-state index in [1.807, 2.05) is 49.4 Å². The van der Waals surface area contributed by atoms with Crippen LogP contribution in [0, 0.1) is 12.8 Å². The lowest BCUT2D eigenvalue weighted by Gasteiger charge is -2.22. The van der Waals surface area contributed by atoms with Crippen LogP contribution in [0.3, 0.4) is 0 Å². The Morgan fingerprint density at radius 1 is 1.19 bits per heavy atom. The molecule has 1 aliphatic heterocycles. The van der Waals surface area contributed by atoms with Crippen LogP contribution < -0.4 is 10.6 Å². The Bertz CT molecular complexity index is 689. The number of aromatic nitrogens is 1. The second kappa shape index (κ2) is 11.2. The van der Waals surface area contributed by atoms with Crippen molar-refractivity contribution in [3.05, 3.63) is 53.7 Å². The number of rotatable bonds is 5. The van der Waals surface area contributed by atoms with E-state index < -0.39 is 0 Å². The van der Waals surface area contributed by atoms with E-state index in [0.717, 1.165) is 43.0 Å². The molecule has 142 valence electrons. The number of carbonyl (C=O) groups excluding carboxylic acids is 1. The van der Waals surface area contributed by atoms with E-state index in [0.29, 0.717) is 11.5 Å². The first-order valence-electron chi connectivity index (χ1n) is 8.76. The Balaban J connectivity index is 0.00000169. The fourth-order valence-corrected chi connectivity index (χ4v) is 3.23. The minimum atomic E-state index is -0.0246. The highest BCUT2D eigenvalue weighted by atomic mass is 35.5. The van der Waals surface area contributed by atoms with E-state index in [-0.39, 0.29) is 30.7 Å². The third-order valence-electron chi connectivity index (χ3n) is 4.64. The summed E-state index contributed by atoms with van der Waals surface area (Å²) in [6.45, 7) is 4.82. The monoisotopic (exact) mass is 395 g/mol. The lowest BCUT2D eigenvalue weighted by atomic mass is 9.96. The summed E-state index contributed by atoms with van der Waals surface area (Å²) >= 11 is 0. The van der Waals surface area contributed by atoms with Crippen molar-refractivity contribution in [2.24, 2.45) is 5.92 Å². The first-order chi connectivity index (χ1) is 11.7. The summed E-state index contributed by atoms with van der Waals surface area (Å²) < 4.78 is 0. The van der Waals surface area contributed by atoms with Crippen molar-refractivity contribution in [3.63, 3.8) is 0 Å². The number of hydrogen-bond donors (Lipinski definition) is 2. The Morgan fingerprint density at radius 2 is 1.96 bits per heavy atom. The molecular weight excluding hydrogens is 369 g/mol. The van der Waals surface area contributed by atoms with Crippen LogP contribution in [0.5, 0.6) is 0 Å². The number of nitrogens with one attached hydrogen (secondary N) is 2. The number of piperidine rings is 1. The molecule has 1 fully saturated rings. The molecule has 1 unspecified atom stereocenters. The second-order valence-electron chi connectivity index (χ2n) is 6.45. The van der Waals surface area contributed by atoms with E-state index >= 15 is 0 Å². The summed E-state index contributed by atoms with van der Waals surface area (Å²) in [7, 11) is 0.